The number of amides is 1. The highest BCUT2D eigenvalue weighted by Gasteiger charge is 2.35. The molecule has 0 aromatic heterocycles. The number of alkyl halides is 4. The summed E-state index contributed by atoms with van der Waals surface area (Å²) >= 11 is 5.85. The van der Waals surface area contributed by atoms with E-state index in [0.29, 0.717) is 23.6 Å². The van der Waals surface area contributed by atoms with Crippen LogP contribution in [0.3, 0.4) is 0 Å². The van der Waals surface area contributed by atoms with Gasteiger partial charge in [0.15, 0.2) is 0 Å². The fraction of sp³-hybridized carbons (Fsp3) is 0.316. The van der Waals surface area contributed by atoms with Crippen LogP contribution >= 0.6 is 11.6 Å². The molecule has 2 aromatic carbocycles. The summed E-state index contributed by atoms with van der Waals surface area (Å²) < 4.78 is 50.0. The van der Waals surface area contributed by atoms with E-state index in [-0.39, 0.29) is 18.1 Å². The number of carbonyl (C=O) groups is 1. The first-order chi connectivity index (χ1) is 12.8. The zero-order valence-corrected chi connectivity index (χ0v) is 15.2. The Morgan fingerprint density at radius 1 is 1.30 bits per heavy atom. The molecule has 3 rings (SSSR count). The number of fused-ring (bicyclic) bond motifs is 1. The van der Waals surface area contributed by atoms with Gasteiger partial charge < -0.3 is 9.47 Å². The Labute approximate surface area is 159 Å². The molecule has 4 nitrogen and oxygen atoms in total. The third kappa shape index (κ3) is 3.98. The Balaban J connectivity index is 2.05. The summed E-state index contributed by atoms with van der Waals surface area (Å²) in [5.41, 5.74) is -0.487. The molecule has 0 bridgehead atoms. The summed E-state index contributed by atoms with van der Waals surface area (Å²) in [4.78, 5) is 14.6. The second-order valence-electron chi connectivity index (χ2n) is 6.03. The van der Waals surface area contributed by atoms with Crippen LogP contribution < -0.4 is 14.4 Å². The van der Waals surface area contributed by atoms with Gasteiger partial charge in [0.05, 0.1) is 24.4 Å². The lowest BCUT2D eigenvalue weighted by Gasteiger charge is -2.37. The smallest absolute Gasteiger partial charge is 0.416 e. The topological polar surface area (TPSA) is 38.8 Å². The normalized spacial score (nSPS) is 16.5. The van der Waals surface area contributed by atoms with Crippen molar-refractivity contribution in [3.63, 3.8) is 0 Å². The number of ether oxygens (including phenoxy) is 2. The molecule has 0 aliphatic carbocycles. The number of halogens is 4. The highest BCUT2D eigenvalue weighted by atomic mass is 35.5. The monoisotopic (exact) mass is 399 g/mol. The van der Waals surface area contributed by atoms with Gasteiger partial charge in [0.2, 0.25) is 0 Å². The van der Waals surface area contributed by atoms with Crippen molar-refractivity contribution in [2.45, 2.75) is 18.6 Å². The van der Waals surface area contributed by atoms with E-state index in [4.69, 9.17) is 21.1 Å². The Morgan fingerprint density at radius 3 is 2.74 bits per heavy atom. The number of carbonyl (C=O) groups excluding carboxylic acids is 1. The van der Waals surface area contributed by atoms with Crippen molar-refractivity contribution in [2.24, 2.45) is 0 Å². The van der Waals surface area contributed by atoms with Crippen molar-refractivity contribution >= 4 is 23.2 Å². The lowest BCUT2D eigenvalue weighted by Crippen LogP contribution is -2.47. The molecule has 0 N–H and O–H groups in total. The standard InChI is InChI=1S/C19H17ClF3NO3/c1-26-15-5-6-17-16(10-15)24(14(7-8-20)11-27-17)18(25)12-3-2-4-13(9-12)19(21,22)23/h2-6,9-10,14H,7-8,11H2,1H3. The van der Waals surface area contributed by atoms with Gasteiger partial charge in [-0.25, -0.2) is 0 Å². The second-order valence-corrected chi connectivity index (χ2v) is 6.41. The van der Waals surface area contributed by atoms with Crippen LogP contribution in [0.2, 0.25) is 0 Å². The van der Waals surface area contributed by atoms with Gasteiger partial charge in [0.25, 0.3) is 5.91 Å². The van der Waals surface area contributed by atoms with E-state index in [2.05, 4.69) is 0 Å². The second kappa shape index (κ2) is 7.68. The van der Waals surface area contributed by atoms with Crippen LogP contribution in [0.25, 0.3) is 0 Å². The summed E-state index contributed by atoms with van der Waals surface area (Å²) in [6.45, 7) is 0.205. The first-order valence-electron chi connectivity index (χ1n) is 8.22. The van der Waals surface area contributed by atoms with Crippen LogP contribution in [0.1, 0.15) is 22.3 Å². The highest BCUT2D eigenvalue weighted by Crippen LogP contribution is 2.39. The van der Waals surface area contributed by atoms with Crippen LogP contribution in [0.15, 0.2) is 42.5 Å². The number of nitrogens with zero attached hydrogens (tertiary/aromatic N) is 1. The molecule has 1 amide bonds. The summed E-state index contributed by atoms with van der Waals surface area (Å²) in [5.74, 6) is 0.696. The maximum absolute atomic E-state index is 13.1. The van der Waals surface area contributed by atoms with Crippen molar-refractivity contribution < 1.29 is 27.4 Å². The molecule has 0 fully saturated rings. The quantitative estimate of drug-likeness (QED) is 0.696. The molecule has 1 aliphatic heterocycles. The Hall–Kier alpha value is -2.41. The van der Waals surface area contributed by atoms with E-state index in [1.165, 1.54) is 24.1 Å². The first kappa shape index (κ1) is 19.4. The molecule has 27 heavy (non-hydrogen) atoms. The molecule has 0 saturated carbocycles. The summed E-state index contributed by atoms with van der Waals surface area (Å²) in [7, 11) is 1.49. The average Bonchev–Trinajstić information content (AvgIpc) is 2.66. The Bertz CT molecular complexity index is 841. The molecule has 1 aliphatic rings. The number of methoxy groups -OCH3 is 1. The van der Waals surface area contributed by atoms with Gasteiger partial charge in [-0.05, 0) is 36.8 Å². The zero-order chi connectivity index (χ0) is 19.6. The zero-order valence-electron chi connectivity index (χ0n) is 14.4. The van der Waals surface area contributed by atoms with Crippen LogP contribution in [0.5, 0.6) is 11.5 Å². The largest absolute Gasteiger partial charge is 0.497 e. The van der Waals surface area contributed by atoms with Gasteiger partial charge >= 0.3 is 6.18 Å². The Morgan fingerprint density at radius 2 is 2.07 bits per heavy atom. The molecular weight excluding hydrogens is 383 g/mol. The number of benzene rings is 2. The summed E-state index contributed by atoms with van der Waals surface area (Å²) in [5, 5.41) is 0. The van der Waals surface area contributed by atoms with Crippen LogP contribution in [-0.4, -0.2) is 31.5 Å². The van der Waals surface area contributed by atoms with Crippen LogP contribution in [0.4, 0.5) is 18.9 Å². The number of anilines is 1. The predicted molar refractivity (Wildman–Crippen MR) is 95.9 cm³/mol. The van der Waals surface area contributed by atoms with Gasteiger partial charge in [-0.1, -0.05) is 6.07 Å². The molecular formula is C19H17ClF3NO3. The minimum atomic E-state index is -4.53. The first-order valence-corrected chi connectivity index (χ1v) is 8.76. The van der Waals surface area contributed by atoms with Crippen LogP contribution in [-0.2, 0) is 6.18 Å². The molecule has 0 radical (unpaired) electrons. The summed E-state index contributed by atoms with van der Waals surface area (Å²) in [6, 6.07) is 8.96. The van der Waals surface area contributed by atoms with Gasteiger partial charge in [-0.15, -0.1) is 11.6 Å². The Kier molecular flexibility index (Phi) is 5.51. The van der Waals surface area contributed by atoms with E-state index >= 15 is 0 Å². The van der Waals surface area contributed by atoms with Crippen molar-refractivity contribution in [3.05, 3.63) is 53.6 Å². The van der Waals surface area contributed by atoms with Crippen LogP contribution in [0, 0.1) is 0 Å². The molecule has 2 aromatic rings. The number of rotatable bonds is 4. The van der Waals surface area contributed by atoms with E-state index in [9.17, 15) is 18.0 Å². The molecule has 144 valence electrons. The summed E-state index contributed by atoms with van der Waals surface area (Å²) in [6.07, 6.45) is -4.10. The van der Waals surface area contributed by atoms with E-state index < -0.39 is 23.7 Å². The molecule has 1 atom stereocenters. The maximum Gasteiger partial charge on any atom is 0.416 e. The maximum atomic E-state index is 13.1. The molecule has 0 saturated heterocycles. The molecule has 8 heteroatoms. The predicted octanol–water partition coefficient (Wildman–Crippen LogP) is 4.75. The number of hydrogen-bond donors (Lipinski definition) is 0. The van der Waals surface area contributed by atoms with Crippen molar-refractivity contribution in [1.29, 1.82) is 0 Å². The van der Waals surface area contributed by atoms with E-state index in [0.717, 1.165) is 12.1 Å². The van der Waals surface area contributed by atoms with Gasteiger partial charge in [0.1, 0.15) is 18.1 Å². The third-order valence-corrected chi connectivity index (χ3v) is 4.54. The third-order valence-electron chi connectivity index (χ3n) is 4.32. The number of hydrogen-bond acceptors (Lipinski definition) is 3. The minimum absolute atomic E-state index is 0.0555. The molecule has 1 unspecified atom stereocenters. The van der Waals surface area contributed by atoms with E-state index in [1.807, 2.05) is 0 Å². The SMILES string of the molecule is COc1ccc2c(c1)N(C(=O)c1cccc(C(F)(F)F)c1)C(CCCl)CO2. The van der Waals surface area contributed by atoms with Crippen molar-refractivity contribution in [3.8, 4) is 11.5 Å². The minimum Gasteiger partial charge on any atom is -0.497 e. The average molecular weight is 400 g/mol. The van der Waals surface area contributed by atoms with Gasteiger partial charge in [0, 0.05) is 17.5 Å². The van der Waals surface area contributed by atoms with Crippen molar-refractivity contribution in [1.82, 2.24) is 0 Å². The lowest BCUT2D eigenvalue weighted by atomic mass is 10.0. The molecule has 0 spiro atoms. The lowest BCUT2D eigenvalue weighted by molar-refractivity contribution is -0.137. The van der Waals surface area contributed by atoms with E-state index in [1.54, 1.807) is 18.2 Å². The van der Waals surface area contributed by atoms with Crippen molar-refractivity contribution in [2.75, 3.05) is 24.5 Å². The molecule has 1 heterocycles. The fourth-order valence-electron chi connectivity index (χ4n) is 2.97. The van der Waals surface area contributed by atoms with Gasteiger partial charge in [-0.3, -0.25) is 9.69 Å². The van der Waals surface area contributed by atoms with Gasteiger partial charge in [-0.2, -0.15) is 13.2 Å². The fourth-order valence-corrected chi connectivity index (χ4v) is 3.22. The highest BCUT2D eigenvalue weighted by molar-refractivity contribution is 6.18.